The van der Waals surface area contributed by atoms with E-state index in [4.69, 9.17) is 0 Å². The van der Waals surface area contributed by atoms with Crippen LogP contribution in [0.2, 0.25) is 0 Å². The standard InChI is InChI=1S/C21H25N5O2/c1-14-5-4-6-17(15(14)2)23-21(28)25-11-8-16(9-12-25)18-13-20(27)26-19(24(18)3)7-10-22-26/h4-7,10,13,16H,8-9,11-12H2,1-3H3,(H,23,28). The zero-order valence-electron chi connectivity index (χ0n) is 16.5. The van der Waals surface area contributed by atoms with Gasteiger partial charge in [0.05, 0.1) is 6.20 Å². The fraction of sp³-hybridized carbons (Fsp3) is 0.381. The van der Waals surface area contributed by atoms with Gasteiger partial charge >= 0.3 is 6.03 Å². The van der Waals surface area contributed by atoms with Crippen molar-refractivity contribution in [3.05, 3.63) is 63.7 Å². The number of urea groups is 1. The topological polar surface area (TPSA) is 71.6 Å². The first-order chi connectivity index (χ1) is 13.5. The number of nitrogens with zero attached hydrogens (tertiary/aromatic N) is 4. The number of carbonyl (C=O) groups excluding carboxylic acids is 1. The molecule has 28 heavy (non-hydrogen) atoms. The highest BCUT2D eigenvalue weighted by atomic mass is 16.2. The quantitative estimate of drug-likeness (QED) is 0.744. The first-order valence-corrected chi connectivity index (χ1v) is 9.61. The molecular formula is C21H25N5O2. The van der Waals surface area contributed by atoms with Crippen molar-refractivity contribution >= 4 is 17.4 Å². The lowest BCUT2D eigenvalue weighted by molar-refractivity contribution is 0.193. The predicted molar refractivity (Wildman–Crippen MR) is 109 cm³/mol. The van der Waals surface area contributed by atoms with Gasteiger partial charge in [0, 0.05) is 49.6 Å². The number of anilines is 1. The number of aromatic nitrogens is 3. The van der Waals surface area contributed by atoms with Crippen LogP contribution >= 0.6 is 0 Å². The van der Waals surface area contributed by atoms with Crippen LogP contribution in [0.5, 0.6) is 0 Å². The number of rotatable bonds is 2. The van der Waals surface area contributed by atoms with Gasteiger partial charge in [0.1, 0.15) is 5.65 Å². The second kappa shape index (κ2) is 7.14. The molecule has 1 aliphatic heterocycles. The van der Waals surface area contributed by atoms with Crippen molar-refractivity contribution in [1.29, 1.82) is 0 Å². The van der Waals surface area contributed by atoms with E-state index in [-0.39, 0.29) is 17.5 Å². The lowest BCUT2D eigenvalue weighted by atomic mass is 9.93. The number of aryl methyl sites for hydroxylation is 2. The highest BCUT2D eigenvalue weighted by Gasteiger charge is 2.26. The summed E-state index contributed by atoms with van der Waals surface area (Å²) in [5, 5.41) is 7.11. The van der Waals surface area contributed by atoms with E-state index >= 15 is 0 Å². The SMILES string of the molecule is Cc1cccc(NC(=O)N2CCC(c3cc(=O)n4nccc4n3C)CC2)c1C. The number of carbonyl (C=O) groups is 1. The number of piperidine rings is 1. The molecule has 0 radical (unpaired) electrons. The number of hydrogen-bond acceptors (Lipinski definition) is 3. The van der Waals surface area contributed by atoms with Crippen LogP contribution in [0.25, 0.3) is 5.65 Å². The van der Waals surface area contributed by atoms with Gasteiger partial charge in [-0.1, -0.05) is 12.1 Å². The number of amides is 2. The Labute approximate surface area is 163 Å². The summed E-state index contributed by atoms with van der Waals surface area (Å²) in [6.45, 7) is 5.39. The Bertz CT molecular complexity index is 1090. The molecule has 1 aromatic carbocycles. The van der Waals surface area contributed by atoms with Crippen LogP contribution in [0, 0.1) is 13.8 Å². The molecule has 1 N–H and O–H groups in total. The third-order valence-electron chi connectivity index (χ3n) is 5.88. The molecule has 4 rings (SSSR count). The molecule has 2 aromatic heterocycles. The molecule has 146 valence electrons. The molecule has 3 aromatic rings. The van der Waals surface area contributed by atoms with Crippen molar-refractivity contribution < 1.29 is 4.79 Å². The van der Waals surface area contributed by atoms with Crippen molar-refractivity contribution in [3.8, 4) is 0 Å². The number of fused-ring (bicyclic) bond motifs is 1. The van der Waals surface area contributed by atoms with Gasteiger partial charge < -0.3 is 14.8 Å². The summed E-state index contributed by atoms with van der Waals surface area (Å²) in [5.41, 5.74) is 4.80. The Balaban J connectivity index is 1.46. The smallest absolute Gasteiger partial charge is 0.321 e. The fourth-order valence-corrected chi connectivity index (χ4v) is 3.99. The minimum absolute atomic E-state index is 0.0627. The van der Waals surface area contributed by atoms with Gasteiger partial charge in [-0.05, 0) is 43.9 Å². The number of hydrogen-bond donors (Lipinski definition) is 1. The van der Waals surface area contributed by atoms with Crippen molar-refractivity contribution in [2.75, 3.05) is 18.4 Å². The fourth-order valence-electron chi connectivity index (χ4n) is 3.99. The molecule has 7 heteroatoms. The van der Waals surface area contributed by atoms with Gasteiger partial charge in [-0.2, -0.15) is 9.61 Å². The van der Waals surface area contributed by atoms with E-state index in [2.05, 4.69) is 10.4 Å². The summed E-state index contributed by atoms with van der Waals surface area (Å²) in [4.78, 5) is 26.8. The monoisotopic (exact) mass is 379 g/mol. The third kappa shape index (κ3) is 3.17. The van der Waals surface area contributed by atoms with Gasteiger partial charge in [-0.25, -0.2) is 4.79 Å². The maximum atomic E-state index is 12.7. The molecule has 1 fully saturated rings. The molecule has 0 saturated carbocycles. The van der Waals surface area contributed by atoms with E-state index in [9.17, 15) is 9.59 Å². The average Bonchev–Trinajstić information content (AvgIpc) is 3.19. The Hall–Kier alpha value is -3.09. The zero-order valence-corrected chi connectivity index (χ0v) is 16.5. The summed E-state index contributed by atoms with van der Waals surface area (Å²) in [7, 11) is 1.96. The van der Waals surface area contributed by atoms with Gasteiger partial charge in [0.25, 0.3) is 5.56 Å². The Morgan fingerprint density at radius 3 is 2.68 bits per heavy atom. The van der Waals surface area contributed by atoms with Crippen molar-refractivity contribution in [3.63, 3.8) is 0 Å². The molecule has 7 nitrogen and oxygen atoms in total. The lowest BCUT2D eigenvalue weighted by Crippen LogP contribution is -2.41. The summed E-state index contributed by atoms with van der Waals surface area (Å²) < 4.78 is 3.45. The second-order valence-electron chi connectivity index (χ2n) is 7.51. The first kappa shape index (κ1) is 18.3. The number of benzene rings is 1. The highest BCUT2D eigenvalue weighted by Crippen LogP contribution is 2.28. The largest absolute Gasteiger partial charge is 0.333 e. The maximum Gasteiger partial charge on any atom is 0.321 e. The first-order valence-electron chi connectivity index (χ1n) is 9.61. The van der Waals surface area contributed by atoms with Gasteiger partial charge in [0.15, 0.2) is 0 Å². The molecule has 0 bridgehead atoms. The average molecular weight is 379 g/mol. The normalized spacial score (nSPS) is 15.2. The summed E-state index contributed by atoms with van der Waals surface area (Å²) in [5.74, 6) is 0.252. The van der Waals surface area contributed by atoms with Crippen molar-refractivity contribution in [2.45, 2.75) is 32.6 Å². The molecule has 1 saturated heterocycles. The maximum absolute atomic E-state index is 12.7. The van der Waals surface area contributed by atoms with Gasteiger partial charge in [-0.3, -0.25) is 4.79 Å². The van der Waals surface area contributed by atoms with Crippen LogP contribution in [0.15, 0.2) is 41.3 Å². The molecule has 0 atom stereocenters. The number of nitrogens with one attached hydrogen (secondary N) is 1. The molecule has 2 amide bonds. The Morgan fingerprint density at radius 2 is 1.93 bits per heavy atom. The summed E-state index contributed by atoms with van der Waals surface area (Å²) >= 11 is 0. The number of likely N-dealkylation sites (tertiary alicyclic amines) is 1. The van der Waals surface area contributed by atoms with E-state index < -0.39 is 0 Å². The third-order valence-corrected chi connectivity index (χ3v) is 5.88. The molecule has 0 spiro atoms. The van der Waals surface area contributed by atoms with Crippen LogP contribution in [-0.4, -0.2) is 38.2 Å². The van der Waals surface area contributed by atoms with Crippen LogP contribution in [0.1, 0.15) is 35.6 Å². The minimum Gasteiger partial charge on any atom is -0.333 e. The molecular weight excluding hydrogens is 354 g/mol. The van der Waals surface area contributed by atoms with Crippen LogP contribution in [0.3, 0.4) is 0 Å². The second-order valence-corrected chi connectivity index (χ2v) is 7.51. The van der Waals surface area contributed by atoms with E-state index in [1.54, 1.807) is 12.3 Å². The molecule has 0 aliphatic carbocycles. The summed E-state index contributed by atoms with van der Waals surface area (Å²) in [6.07, 6.45) is 3.30. The zero-order chi connectivity index (χ0) is 19.8. The Morgan fingerprint density at radius 1 is 1.18 bits per heavy atom. The van der Waals surface area contributed by atoms with Crippen molar-refractivity contribution in [2.24, 2.45) is 7.05 Å². The predicted octanol–water partition coefficient (Wildman–Crippen LogP) is 3.06. The van der Waals surface area contributed by atoms with Crippen molar-refractivity contribution in [1.82, 2.24) is 19.1 Å². The highest BCUT2D eigenvalue weighted by molar-refractivity contribution is 5.90. The summed E-state index contributed by atoms with van der Waals surface area (Å²) in [6, 6.07) is 9.39. The van der Waals surface area contributed by atoms with Gasteiger partial charge in [-0.15, -0.1) is 0 Å². The van der Waals surface area contributed by atoms with Crippen LogP contribution in [0.4, 0.5) is 10.5 Å². The lowest BCUT2D eigenvalue weighted by Gasteiger charge is -2.33. The molecule has 3 heterocycles. The van der Waals surface area contributed by atoms with Crippen LogP contribution in [-0.2, 0) is 7.05 Å². The Kier molecular flexibility index (Phi) is 4.66. The van der Waals surface area contributed by atoms with Crippen LogP contribution < -0.4 is 10.9 Å². The van der Waals surface area contributed by atoms with E-state index in [1.807, 2.05) is 54.6 Å². The van der Waals surface area contributed by atoms with E-state index in [0.717, 1.165) is 41.0 Å². The van der Waals surface area contributed by atoms with E-state index in [1.165, 1.54) is 4.52 Å². The molecule has 0 unspecified atom stereocenters. The minimum atomic E-state index is -0.108. The van der Waals surface area contributed by atoms with E-state index in [0.29, 0.717) is 13.1 Å². The van der Waals surface area contributed by atoms with Gasteiger partial charge in [0.2, 0.25) is 0 Å². The molecule has 1 aliphatic rings.